The number of rotatable bonds is 7. The molecule has 0 spiro atoms. The second-order valence-electron chi connectivity index (χ2n) is 10.8. The molecule has 0 amide bonds. The van der Waals surface area contributed by atoms with Gasteiger partial charge in [0.2, 0.25) is 5.95 Å². The molecule has 2 fully saturated rings. The van der Waals surface area contributed by atoms with E-state index in [9.17, 15) is 23.2 Å². The number of anilines is 4. The molecule has 1 aromatic carbocycles. The van der Waals surface area contributed by atoms with E-state index in [1.807, 2.05) is 12.1 Å². The summed E-state index contributed by atoms with van der Waals surface area (Å²) in [5.74, 6) is 1.74. The predicted octanol–water partition coefficient (Wildman–Crippen LogP) is 3.15. The van der Waals surface area contributed by atoms with Crippen LogP contribution in [0.5, 0.6) is 0 Å². The van der Waals surface area contributed by atoms with Gasteiger partial charge in [0.15, 0.2) is 0 Å². The largest absolute Gasteiger partial charge is 0.390 e. The highest BCUT2D eigenvalue weighted by molar-refractivity contribution is 7.90. The van der Waals surface area contributed by atoms with Crippen molar-refractivity contribution in [3.63, 3.8) is 0 Å². The summed E-state index contributed by atoms with van der Waals surface area (Å²) in [5, 5.41) is 24.7. The Morgan fingerprint density at radius 1 is 1.18 bits per heavy atom. The molecule has 2 atom stereocenters. The van der Waals surface area contributed by atoms with Gasteiger partial charge in [0, 0.05) is 49.6 Å². The summed E-state index contributed by atoms with van der Waals surface area (Å²) in [6.07, 6.45) is 2.58. The van der Waals surface area contributed by atoms with Gasteiger partial charge in [-0.2, -0.15) is 10.2 Å². The maximum absolute atomic E-state index is 14.1. The molecule has 3 aromatic rings. The molecule has 10 nitrogen and oxygen atoms in total. The Morgan fingerprint density at radius 2 is 1.95 bits per heavy atom. The van der Waals surface area contributed by atoms with Gasteiger partial charge in [-0.05, 0) is 41.5 Å². The first-order valence-electron chi connectivity index (χ1n) is 13.0. The number of fused-ring (bicyclic) bond motifs is 1. The number of sulfone groups is 1. The van der Waals surface area contributed by atoms with E-state index in [1.165, 1.54) is 6.26 Å². The third-order valence-electron chi connectivity index (χ3n) is 7.27. The zero-order valence-electron chi connectivity index (χ0n) is 22.2. The van der Waals surface area contributed by atoms with E-state index in [-0.39, 0.29) is 24.1 Å². The van der Waals surface area contributed by atoms with Gasteiger partial charge in [0.05, 0.1) is 29.7 Å². The number of benzene rings is 1. The molecule has 206 valence electrons. The molecular formula is C27H32FN7O3S. The number of nitriles is 1. The summed E-state index contributed by atoms with van der Waals surface area (Å²) in [6, 6.07) is 7.87. The third-order valence-corrected chi connectivity index (χ3v) is 8.35. The molecule has 0 aliphatic carbocycles. The van der Waals surface area contributed by atoms with Crippen LogP contribution in [0.4, 0.5) is 27.7 Å². The van der Waals surface area contributed by atoms with Crippen molar-refractivity contribution in [1.29, 1.82) is 5.26 Å². The number of pyridine rings is 1. The Kier molecular flexibility index (Phi) is 7.31. The Morgan fingerprint density at radius 3 is 2.62 bits per heavy atom. The molecule has 4 heterocycles. The lowest BCUT2D eigenvalue weighted by Crippen LogP contribution is -2.50. The van der Waals surface area contributed by atoms with E-state index in [1.54, 1.807) is 23.4 Å². The number of alkyl halides is 1. The highest BCUT2D eigenvalue weighted by atomic mass is 32.2. The first-order valence-corrected chi connectivity index (χ1v) is 15.0. The van der Waals surface area contributed by atoms with E-state index in [0.717, 1.165) is 22.0 Å². The van der Waals surface area contributed by atoms with Gasteiger partial charge in [-0.25, -0.2) is 22.8 Å². The van der Waals surface area contributed by atoms with Crippen LogP contribution in [0, 0.1) is 17.2 Å². The number of nitrogens with one attached hydrogen (secondary N) is 1. The van der Waals surface area contributed by atoms with Gasteiger partial charge in [0.1, 0.15) is 33.7 Å². The minimum absolute atomic E-state index is 0.0299. The van der Waals surface area contributed by atoms with E-state index in [2.05, 4.69) is 45.1 Å². The van der Waals surface area contributed by atoms with Crippen LogP contribution in [-0.4, -0.2) is 78.9 Å². The minimum atomic E-state index is -3.07. The number of hydrogen-bond acceptors (Lipinski definition) is 10. The van der Waals surface area contributed by atoms with Crippen molar-refractivity contribution >= 4 is 43.9 Å². The predicted molar refractivity (Wildman–Crippen MR) is 149 cm³/mol. The molecule has 0 bridgehead atoms. The molecule has 2 N–H and O–H groups in total. The standard InChI is InChI=1S/C27H32FN7O3S/c1-16(2)19-8-18(10-29)26(35-12-17(13-35)15-39(3,37)38)21-11-31-25(9-20(19)21)32-24-4-6-30-27(33-24)34-7-5-23(36)22(28)14-34/h4,6,8-9,11,16-17,22-23,36H,5,7,12-15H2,1-3H3,(H,30,31,32,33). The smallest absolute Gasteiger partial charge is 0.227 e. The van der Waals surface area contributed by atoms with Gasteiger partial charge in [0.25, 0.3) is 0 Å². The highest BCUT2D eigenvalue weighted by Crippen LogP contribution is 2.40. The molecule has 2 unspecified atom stereocenters. The van der Waals surface area contributed by atoms with Crippen molar-refractivity contribution in [1.82, 2.24) is 15.0 Å². The average Bonchev–Trinajstić information content (AvgIpc) is 2.86. The lowest BCUT2D eigenvalue weighted by molar-refractivity contribution is 0.0612. The second kappa shape index (κ2) is 10.5. The maximum Gasteiger partial charge on any atom is 0.227 e. The van der Waals surface area contributed by atoms with Crippen molar-refractivity contribution in [3.05, 3.63) is 41.7 Å². The zero-order valence-corrected chi connectivity index (χ0v) is 23.0. The third kappa shape index (κ3) is 5.74. The van der Waals surface area contributed by atoms with Crippen molar-refractivity contribution in [2.75, 3.05) is 53.3 Å². The fourth-order valence-corrected chi connectivity index (χ4v) is 6.43. The van der Waals surface area contributed by atoms with Crippen LogP contribution >= 0.6 is 0 Å². The monoisotopic (exact) mass is 553 g/mol. The van der Waals surface area contributed by atoms with Crippen LogP contribution in [0.3, 0.4) is 0 Å². The Hall–Kier alpha value is -3.56. The van der Waals surface area contributed by atoms with Crippen LogP contribution in [0.25, 0.3) is 10.8 Å². The number of aliphatic hydroxyl groups is 1. The van der Waals surface area contributed by atoms with E-state index in [0.29, 0.717) is 49.2 Å². The summed E-state index contributed by atoms with van der Waals surface area (Å²) in [7, 11) is -3.07. The number of aliphatic hydroxyl groups excluding tert-OH is 1. The van der Waals surface area contributed by atoms with Gasteiger partial charge in [-0.1, -0.05) is 13.8 Å². The Balaban J connectivity index is 1.45. The normalized spacial score (nSPS) is 20.2. The summed E-state index contributed by atoms with van der Waals surface area (Å²) in [4.78, 5) is 17.2. The molecule has 2 aliphatic heterocycles. The van der Waals surface area contributed by atoms with Crippen molar-refractivity contribution < 1.29 is 17.9 Å². The topological polar surface area (TPSA) is 135 Å². The Bertz CT molecular complexity index is 1540. The number of halogens is 1. The quantitative estimate of drug-likeness (QED) is 0.449. The maximum atomic E-state index is 14.1. The van der Waals surface area contributed by atoms with Gasteiger partial charge in [-0.15, -0.1) is 0 Å². The van der Waals surface area contributed by atoms with Crippen molar-refractivity contribution in [3.8, 4) is 6.07 Å². The van der Waals surface area contributed by atoms with Crippen molar-refractivity contribution in [2.24, 2.45) is 5.92 Å². The van der Waals surface area contributed by atoms with E-state index < -0.39 is 22.1 Å². The molecule has 5 rings (SSSR count). The second-order valence-corrected chi connectivity index (χ2v) is 13.0. The minimum Gasteiger partial charge on any atom is -0.390 e. The average molecular weight is 554 g/mol. The molecule has 2 aromatic heterocycles. The number of hydrogen-bond donors (Lipinski definition) is 2. The molecule has 0 saturated carbocycles. The van der Waals surface area contributed by atoms with Gasteiger partial charge in [-0.3, -0.25) is 0 Å². The summed E-state index contributed by atoms with van der Waals surface area (Å²) >= 11 is 0. The molecule has 12 heteroatoms. The van der Waals surface area contributed by atoms with Crippen LogP contribution in [0.2, 0.25) is 0 Å². The van der Waals surface area contributed by atoms with Crippen LogP contribution < -0.4 is 15.1 Å². The zero-order chi connectivity index (χ0) is 27.9. The molecule has 0 radical (unpaired) electrons. The molecular weight excluding hydrogens is 521 g/mol. The van der Waals surface area contributed by atoms with Crippen molar-refractivity contribution in [2.45, 2.75) is 38.5 Å². The first kappa shape index (κ1) is 27.0. The van der Waals surface area contributed by atoms with Crippen LogP contribution in [0.1, 0.15) is 37.3 Å². The number of nitrogens with zero attached hydrogens (tertiary/aromatic N) is 6. The number of aromatic nitrogens is 3. The highest BCUT2D eigenvalue weighted by Gasteiger charge is 2.33. The van der Waals surface area contributed by atoms with Crippen LogP contribution in [-0.2, 0) is 9.84 Å². The van der Waals surface area contributed by atoms with E-state index >= 15 is 0 Å². The fourth-order valence-electron chi connectivity index (χ4n) is 5.36. The lowest BCUT2D eigenvalue weighted by Gasteiger charge is -2.42. The van der Waals surface area contributed by atoms with E-state index in [4.69, 9.17) is 0 Å². The molecule has 39 heavy (non-hydrogen) atoms. The summed E-state index contributed by atoms with van der Waals surface area (Å²) in [5.41, 5.74) is 2.33. The van der Waals surface area contributed by atoms with Crippen LogP contribution in [0.15, 0.2) is 30.6 Å². The Labute approximate surface area is 227 Å². The number of piperidine rings is 1. The summed E-state index contributed by atoms with van der Waals surface area (Å²) < 4.78 is 37.5. The molecule has 2 aliphatic rings. The summed E-state index contributed by atoms with van der Waals surface area (Å²) in [6.45, 7) is 5.76. The van der Waals surface area contributed by atoms with Gasteiger partial charge >= 0.3 is 0 Å². The van der Waals surface area contributed by atoms with Gasteiger partial charge < -0.3 is 20.2 Å². The SMILES string of the molecule is CC(C)c1cc(C#N)c(N2CC(CS(C)(=O)=O)C2)c2cnc(Nc3ccnc(N4CCC(O)C(F)C4)n3)cc12. The first-order chi connectivity index (χ1) is 18.5. The lowest BCUT2D eigenvalue weighted by atomic mass is 9.90. The molecule has 2 saturated heterocycles. The fraction of sp³-hybridized carbons (Fsp3) is 0.481.